The Morgan fingerprint density at radius 2 is 2.05 bits per heavy atom. The van der Waals surface area contributed by atoms with E-state index >= 15 is 0 Å². The number of carbonyl (C=O) groups is 1. The van der Waals surface area contributed by atoms with Gasteiger partial charge in [-0.25, -0.2) is 0 Å². The lowest BCUT2D eigenvalue weighted by Gasteiger charge is -2.22. The van der Waals surface area contributed by atoms with Crippen molar-refractivity contribution >= 4 is 17.2 Å². The molecule has 21 heavy (non-hydrogen) atoms. The molecule has 1 aromatic heterocycles. The highest BCUT2D eigenvalue weighted by atomic mass is 32.1. The van der Waals surface area contributed by atoms with Crippen LogP contribution in [0.2, 0.25) is 0 Å². The number of rotatable bonds is 6. The fourth-order valence-electron chi connectivity index (χ4n) is 2.17. The van der Waals surface area contributed by atoms with Crippen LogP contribution in [0.3, 0.4) is 0 Å². The molecule has 2 N–H and O–H groups in total. The van der Waals surface area contributed by atoms with Crippen LogP contribution in [0.4, 0.5) is 0 Å². The summed E-state index contributed by atoms with van der Waals surface area (Å²) in [5.41, 5.74) is 1.39. The van der Waals surface area contributed by atoms with E-state index in [9.17, 15) is 9.90 Å². The first-order chi connectivity index (χ1) is 9.99. The van der Waals surface area contributed by atoms with Crippen LogP contribution in [0.5, 0.6) is 0 Å². The fraction of sp³-hybridized carbons (Fsp3) is 0.353. The second-order valence-electron chi connectivity index (χ2n) is 5.45. The number of amides is 1. The number of benzene rings is 1. The largest absolute Gasteiger partial charge is 0.383 e. The normalized spacial score (nSPS) is 13.7. The summed E-state index contributed by atoms with van der Waals surface area (Å²) in [6.07, 6.45) is 1.16. The molecule has 3 nitrogen and oxygen atoms in total. The van der Waals surface area contributed by atoms with E-state index in [0.29, 0.717) is 6.42 Å². The minimum Gasteiger partial charge on any atom is -0.383 e. The lowest BCUT2D eigenvalue weighted by atomic mass is 10.0. The molecule has 2 aromatic rings. The minimum atomic E-state index is -1.01. The summed E-state index contributed by atoms with van der Waals surface area (Å²) < 4.78 is 0. The predicted molar refractivity (Wildman–Crippen MR) is 86.4 cm³/mol. The lowest BCUT2D eigenvalue weighted by Crippen LogP contribution is -2.38. The zero-order chi connectivity index (χ0) is 15.3. The average molecular weight is 303 g/mol. The summed E-state index contributed by atoms with van der Waals surface area (Å²) in [6, 6.07) is 11.9. The maximum atomic E-state index is 11.9. The van der Waals surface area contributed by atoms with Crippen molar-refractivity contribution in [2.75, 3.05) is 6.54 Å². The highest BCUT2D eigenvalue weighted by Gasteiger charge is 2.24. The fourth-order valence-corrected chi connectivity index (χ4v) is 2.96. The third-order valence-electron chi connectivity index (χ3n) is 3.56. The second-order valence-corrected chi connectivity index (χ2v) is 6.40. The lowest BCUT2D eigenvalue weighted by molar-refractivity contribution is -0.122. The van der Waals surface area contributed by atoms with Gasteiger partial charge in [0, 0.05) is 11.3 Å². The number of aryl methyl sites for hydroxylation is 2. The van der Waals surface area contributed by atoms with Gasteiger partial charge in [-0.2, -0.15) is 0 Å². The first-order valence-corrected chi connectivity index (χ1v) is 7.94. The van der Waals surface area contributed by atoms with Crippen LogP contribution in [0.25, 0.3) is 0 Å². The molecule has 0 aliphatic carbocycles. The van der Waals surface area contributed by atoms with Gasteiger partial charge in [-0.3, -0.25) is 4.79 Å². The van der Waals surface area contributed by atoms with E-state index < -0.39 is 5.60 Å². The van der Waals surface area contributed by atoms with Crippen molar-refractivity contribution in [3.63, 3.8) is 0 Å². The number of nitrogens with one attached hydrogen (secondary N) is 1. The molecule has 4 heteroatoms. The number of thiophene rings is 1. The Kier molecular flexibility index (Phi) is 5.15. The first-order valence-electron chi connectivity index (χ1n) is 7.06. The van der Waals surface area contributed by atoms with Crippen LogP contribution < -0.4 is 5.32 Å². The van der Waals surface area contributed by atoms with E-state index in [0.717, 1.165) is 11.3 Å². The Morgan fingerprint density at radius 3 is 2.71 bits per heavy atom. The zero-order valence-electron chi connectivity index (χ0n) is 12.4. The molecule has 1 aromatic carbocycles. The van der Waals surface area contributed by atoms with Gasteiger partial charge in [0.15, 0.2) is 0 Å². The van der Waals surface area contributed by atoms with Crippen LogP contribution in [0, 0.1) is 6.92 Å². The van der Waals surface area contributed by atoms with E-state index in [-0.39, 0.29) is 12.5 Å². The first kappa shape index (κ1) is 15.7. The number of hydrogen-bond acceptors (Lipinski definition) is 3. The zero-order valence-corrected chi connectivity index (χ0v) is 13.2. The SMILES string of the molecule is Cc1ccccc1CCC(=O)NCC(C)(O)c1cccs1. The van der Waals surface area contributed by atoms with Gasteiger partial charge in [-0.15, -0.1) is 11.3 Å². The van der Waals surface area contributed by atoms with Crippen molar-refractivity contribution in [3.8, 4) is 0 Å². The van der Waals surface area contributed by atoms with Crippen molar-refractivity contribution in [2.24, 2.45) is 0 Å². The molecule has 0 aliphatic heterocycles. The maximum Gasteiger partial charge on any atom is 0.220 e. The molecule has 0 bridgehead atoms. The predicted octanol–water partition coefficient (Wildman–Crippen LogP) is 3.01. The van der Waals surface area contributed by atoms with Gasteiger partial charge in [0.1, 0.15) is 5.60 Å². The van der Waals surface area contributed by atoms with Crippen LogP contribution >= 0.6 is 11.3 Å². The van der Waals surface area contributed by atoms with Gasteiger partial charge in [0.05, 0.1) is 6.54 Å². The number of aliphatic hydroxyl groups is 1. The van der Waals surface area contributed by atoms with E-state index in [2.05, 4.69) is 18.3 Å². The monoisotopic (exact) mass is 303 g/mol. The Hall–Kier alpha value is -1.65. The van der Waals surface area contributed by atoms with Gasteiger partial charge in [-0.1, -0.05) is 30.3 Å². The third-order valence-corrected chi connectivity index (χ3v) is 4.69. The van der Waals surface area contributed by atoms with E-state index in [4.69, 9.17) is 0 Å². The smallest absolute Gasteiger partial charge is 0.220 e. The Bertz CT molecular complexity index is 591. The summed E-state index contributed by atoms with van der Waals surface area (Å²) in [5, 5.41) is 15.1. The van der Waals surface area contributed by atoms with E-state index in [1.54, 1.807) is 6.92 Å². The van der Waals surface area contributed by atoms with Crippen LogP contribution in [0.15, 0.2) is 41.8 Å². The summed E-state index contributed by atoms with van der Waals surface area (Å²) in [4.78, 5) is 12.8. The standard InChI is InChI=1S/C17H21NO2S/c1-13-6-3-4-7-14(13)9-10-16(19)18-12-17(2,20)15-8-5-11-21-15/h3-8,11,20H,9-10,12H2,1-2H3,(H,18,19). The van der Waals surface area contributed by atoms with Gasteiger partial charge in [0.2, 0.25) is 5.91 Å². The molecule has 2 rings (SSSR count). The topological polar surface area (TPSA) is 49.3 Å². The second kappa shape index (κ2) is 6.87. The Labute approximate surface area is 129 Å². The number of hydrogen-bond donors (Lipinski definition) is 2. The highest BCUT2D eigenvalue weighted by Crippen LogP contribution is 2.24. The molecule has 0 aliphatic rings. The summed E-state index contributed by atoms with van der Waals surface area (Å²) in [5.74, 6) is -0.0323. The summed E-state index contributed by atoms with van der Waals surface area (Å²) in [7, 11) is 0. The quantitative estimate of drug-likeness (QED) is 0.862. The average Bonchev–Trinajstić information content (AvgIpc) is 2.99. The van der Waals surface area contributed by atoms with Gasteiger partial charge >= 0.3 is 0 Å². The van der Waals surface area contributed by atoms with Gasteiger partial charge in [-0.05, 0) is 42.8 Å². The van der Waals surface area contributed by atoms with E-state index in [1.165, 1.54) is 22.5 Å². The summed E-state index contributed by atoms with van der Waals surface area (Å²) in [6.45, 7) is 4.01. The van der Waals surface area contributed by atoms with Gasteiger partial charge in [0.25, 0.3) is 0 Å². The molecule has 0 saturated carbocycles. The van der Waals surface area contributed by atoms with Crippen molar-refractivity contribution in [1.29, 1.82) is 0 Å². The molecule has 1 heterocycles. The van der Waals surface area contributed by atoms with Crippen molar-refractivity contribution in [1.82, 2.24) is 5.32 Å². The minimum absolute atomic E-state index is 0.0323. The molecular weight excluding hydrogens is 282 g/mol. The molecule has 0 fully saturated rings. The highest BCUT2D eigenvalue weighted by molar-refractivity contribution is 7.10. The summed E-state index contributed by atoms with van der Waals surface area (Å²) >= 11 is 1.49. The van der Waals surface area contributed by atoms with Crippen molar-refractivity contribution in [2.45, 2.75) is 32.3 Å². The maximum absolute atomic E-state index is 11.9. The third kappa shape index (κ3) is 4.41. The molecule has 0 spiro atoms. The molecule has 0 radical (unpaired) electrons. The Morgan fingerprint density at radius 1 is 1.29 bits per heavy atom. The molecule has 1 unspecified atom stereocenters. The van der Waals surface area contributed by atoms with Crippen LogP contribution in [-0.4, -0.2) is 17.6 Å². The van der Waals surface area contributed by atoms with E-state index in [1.807, 2.05) is 35.7 Å². The molecule has 0 saturated heterocycles. The molecule has 1 amide bonds. The van der Waals surface area contributed by atoms with Crippen molar-refractivity contribution < 1.29 is 9.90 Å². The van der Waals surface area contributed by atoms with Gasteiger partial charge < -0.3 is 10.4 Å². The molecule has 1 atom stereocenters. The van der Waals surface area contributed by atoms with Crippen LogP contribution in [0.1, 0.15) is 29.3 Å². The Balaban J connectivity index is 1.82. The molecule has 112 valence electrons. The van der Waals surface area contributed by atoms with Crippen molar-refractivity contribution in [3.05, 3.63) is 57.8 Å². The number of carbonyl (C=O) groups excluding carboxylic acids is 1. The molecular formula is C17H21NO2S. The van der Waals surface area contributed by atoms with Crippen LogP contribution in [-0.2, 0) is 16.8 Å².